The van der Waals surface area contributed by atoms with Crippen molar-refractivity contribution in [2.24, 2.45) is 17.6 Å². The second-order valence-corrected chi connectivity index (χ2v) is 5.14. The first-order valence-electron chi connectivity index (χ1n) is 5.91. The summed E-state index contributed by atoms with van der Waals surface area (Å²) in [5.41, 5.74) is 7.44. The van der Waals surface area contributed by atoms with E-state index in [2.05, 4.69) is 23.4 Å². The zero-order valence-electron chi connectivity index (χ0n) is 9.69. The molecule has 1 aliphatic rings. The van der Waals surface area contributed by atoms with E-state index in [9.17, 15) is 0 Å². The Bertz CT molecular complexity index is 312. The van der Waals surface area contributed by atoms with E-state index in [0.29, 0.717) is 12.0 Å². The van der Waals surface area contributed by atoms with Gasteiger partial charge in [-0.2, -0.15) is 0 Å². The molecule has 15 heavy (non-hydrogen) atoms. The fourth-order valence-electron chi connectivity index (χ4n) is 2.00. The van der Waals surface area contributed by atoms with Crippen LogP contribution >= 0.6 is 0 Å². The Morgan fingerprint density at radius 3 is 2.87 bits per heavy atom. The maximum atomic E-state index is 6.12. The number of aromatic nitrogens is 2. The van der Waals surface area contributed by atoms with Gasteiger partial charge in [0.05, 0.1) is 6.33 Å². The fourth-order valence-corrected chi connectivity index (χ4v) is 2.00. The van der Waals surface area contributed by atoms with Gasteiger partial charge < -0.3 is 10.3 Å². The molecule has 84 valence electrons. The lowest BCUT2D eigenvalue weighted by Gasteiger charge is -2.14. The van der Waals surface area contributed by atoms with E-state index >= 15 is 0 Å². The summed E-state index contributed by atoms with van der Waals surface area (Å²) >= 11 is 0. The van der Waals surface area contributed by atoms with Gasteiger partial charge in [-0.3, -0.25) is 0 Å². The number of imidazole rings is 1. The zero-order chi connectivity index (χ0) is 10.8. The van der Waals surface area contributed by atoms with Gasteiger partial charge in [-0.25, -0.2) is 4.98 Å². The molecule has 1 fully saturated rings. The van der Waals surface area contributed by atoms with Gasteiger partial charge in [0.15, 0.2) is 0 Å². The molecule has 3 heteroatoms. The van der Waals surface area contributed by atoms with Crippen molar-refractivity contribution in [2.75, 3.05) is 0 Å². The van der Waals surface area contributed by atoms with Gasteiger partial charge in [0.25, 0.3) is 0 Å². The van der Waals surface area contributed by atoms with Crippen LogP contribution in [0.2, 0.25) is 0 Å². The van der Waals surface area contributed by atoms with Crippen molar-refractivity contribution in [3.05, 3.63) is 18.2 Å². The third-order valence-electron chi connectivity index (χ3n) is 3.05. The number of rotatable bonds is 5. The molecule has 1 unspecified atom stereocenters. The Morgan fingerprint density at radius 2 is 2.27 bits per heavy atom. The highest BCUT2D eigenvalue weighted by molar-refractivity contribution is 5.00. The molecule has 1 aliphatic carbocycles. The van der Waals surface area contributed by atoms with Crippen LogP contribution in [0.15, 0.2) is 12.5 Å². The first-order valence-corrected chi connectivity index (χ1v) is 5.91. The van der Waals surface area contributed by atoms with E-state index < -0.39 is 0 Å². The average Bonchev–Trinajstić information content (AvgIpc) is 2.92. The Kier molecular flexibility index (Phi) is 3.10. The molecule has 0 amide bonds. The van der Waals surface area contributed by atoms with Crippen LogP contribution in [0.4, 0.5) is 0 Å². The normalized spacial score (nSPS) is 18.4. The molecule has 0 aliphatic heterocycles. The quantitative estimate of drug-likeness (QED) is 0.800. The highest BCUT2D eigenvalue weighted by atomic mass is 15.1. The van der Waals surface area contributed by atoms with Crippen molar-refractivity contribution in [1.82, 2.24) is 9.55 Å². The Morgan fingerprint density at radius 1 is 1.53 bits per heavy atom. The van der Waals surface area contributed by atoms with E-state index in [1.165, 1.54) is 18.5 Å². The van der Waals surface area contributed by atoms with Crippen molar-refractivity contribution >= 4 is 0 Å². The van der Waals surface area contributed by atoms with E-state index in [4.69, 9.17) is 5.73 Å². The highest BCUT2D eigenvalue weighted by Gasteiger charge is 2.28. The van der Waals surface area contributed by atoms with Gasteiger partial charge in [0, 0.05) is 24.5 Å². The number of nitrogens with zero attached hydrogens (tertiary/aromatic N) is 2. The van der Waals surface area contributed by atoms with Crippen molar-refractivity contribution in [3.63, 3.8) is 0 Å². The monoisotopic (exact) mass is 207 g/mol. The third-order valence-corrected chi connectivity index (χ3v) is 3.05. The summed E-state index contributed by atoms with van der Waals surface area (Å²) in [6.07, 6.45) is 7.61. The molecule has 0 aromatic carbocycles. The van der Waals surface area contributed by atoms with Crippen LogP contribution in [0.1, 0.15) is 32.4 Å². The summed E-state index contributed by atoms with van der Waals surface area (Å²) in [6.45, 7) is 5.41. The second-order valence-electron chi connectivity index (χ2n) is 5.14. The van der Waals surface area contributed by atoms with Gasteiger partial charge in [0.2, 0.25) is 0 Å². The van der Waals surface area contributed by atoms with Crippen molar-refractivity contribution in [1.29, 1.82) is 0 Å². The molecular formula is C12H21N3. The molecule has 1 saturated carbocycles. The van der Waals surface area contributed by atoms with Crippen molar-refractivity contribution < 1.29 is 0 Å². The summed E-state index contributed by atoms with van der Waals surface area (Å²) in [5.74, 6) is 1.44. The van der Waals surface area contributed by atoms with Gasteiger partial charge in [-0.05, 0) is 31.1 Å². The lowest BCUT2D eigenvalue weighted by Crippen LogP contribution is -2.28. The summed E-state index contributed by atoms with van der Waals surface area (Å²) in [7, 11) is 0. The SMILES string of the molecule is CC(C)Cc1cncn1CC(N)C1CC1. The van der Waals surface area contributed by atoms with Gasteiger partial charge in [-0.1, -0.05) is 13.8 Å². The van der Waals surface area contributed by atoms with Crippen LogP contribution in [0.5, 0.6) is 0 Å². The Labute approximate surface area is 91.7 Å². The minimum atomic E-state index is 0.324. The van der Waals surface area contributed by atoms with E-state index in [1.807, 2.05) is 12.5 Å². The second kappa shape index (κ2) is 4.35. The van der Waals surface area contributed by atoms with E-state index in [1.54, 1.807) is 0 Å². The first-order chi connectivity index (χ1) is 7.16. The maximum Gasteiger partial charge on any atom is 0.0948 e. The minimum absolute atomic E-state index is 0.324. The number of hydrogen-bond donors (Lipinski definition) is 1. The molecule has 1 aromatic rings. The first kappa shape index (κ1) is 10.7. The van der Waals surface area contributed by atoms with Gasteiger partial charge in [-0.15, -0.1) is 0 Å². The standard InChI is InChI=1S/C12H21N3/c1-9(2)5-11-6-14-8-15(11)7-12(13)10-3-4-10/h6,8-10,12H,3-5,7,13H2,1-2H3. The molecule has 0 radical (unpaired) electrons. The van der Waals surface area contributed by atoms with Crippen molar-refractivity contribution in [2.45, 2.75) is 45.7 Å². The number of hydrogen-bond acceptors (Lipinski definition) is 2. The van der Waals surface area contributed by atoms with Crippen LogP contribution in [-0.4, -0.2) is 15.6 Å². The third kappa shape index (κ3) is 2.81. The molecule has 1 atom stereocenters. The van der Waals surface area contributed by atoms with E-state index in [-0.39, 0.29) is 0 Å². The average molecular weight is 207 g/mol. The molecule has 0 spiro atoms. The van der Waals surface area contributed by atoms with Crippen LogP contribution in [0.25, 0.3) is 0 Å². The Balaban J connectivity index is 1.97. The van der Waals surface area contributed by atoms with Crippen LogP contribution < -0.4 is 5.73 Å². The molecule has 2 N–H and O–H groups in total. The smallest absolute Gasteiger partial charge is 0.0948 e. The molecule has 1 heterocycles. The topological polar surface area (TPSA) is 43.8 Å². The van der Waals surface area contributed by atoms with Crippen LogP contribution in [0.3, 0.4) is 0 Å². The molecule has 2 rings (SSSR count). The summed E-state index contributed by atoms with van der Waals surface area (Å²) in [5, 5.41) is 0. The summed E-state index contributed by atoms with van der Waals surface area (Å²) in [4.78, 5) is 4.22. The van der Waals surface area contributed by atoms with Gasteiger partial charge in [0.1, 0.15) is 0 Å². The minimum Gasteiger partial charge on any atom is -0.333 e. The molecule has 0 saturated heterocycles. The highest BCUT2D eigenvalue weighted by Crippen LogP contribution is 2.32. The predicted molar refractivity (Wildman–Crippen MR) is 61.5 cm³/mol. The lowest BCUT2D eigenvalue weighted by atomic mass is 10.1. The fraction of sp³-hybridized carbons (Fsp3) is 0.750. The Hall–Kier alpha value is -0.830. The molecule has 1 aromatic heterocycles. The summed E-state index contributed by atoms with van der Waals surface area (Å²) in [6, 6.07) is 0.324. The van der Waals surface area contributed by atoms with Crippen molar-refractivity contribution in [3.8, 4) is 0 Å². The van der Waals surface area contributed by atoms with E-state index in [0.717, 1.165) is 18.9 Å². The van der Waals surface area contributed by atoms with Crippen LogP contribution in [-0.2, 0) is 13.0 Å². The molecular weight excluding hydrogens is 186 g/mol. The summed E-state index contributed by atoms with van der Waals surface area (Å²) < 4.78 is 2.23. The predicted octanol–water partition coefficient (Wildman–Crippen LogP) is 1.82. The lowest BCUT2D eigenvalue weighted by molar-refractivity contribution is 0.482. The van der Waals surface area contributed by atoms with Crippen LogP contribution in [0, 0.1) is 11.8 Å². The molecule has 0 bridgehead atoms. The van der Waals surface area contributed by atoms with Gasteiger partial charge >= 0.3 is 0 Å². The number of nitrogens with two attached hydrogens (primary N) is 1. The maximum absolute atomic E-state index is 6.12. The largest absolute Gasteiger partial charge is 0.333 e. The zero-order valence-corrected chi connectivity index (χ0v) is 9.69. The molecule has 3 nitrogen and oxygen atoms in total.